The Balaban J connectivity index is 2.05. The number of nitrogens with zero attached hydrogens (tertiary/aromatic N) is 1. The molecule has 0 aliphatic carbocycles. The maximum absolute atomic E-state index is 5.18. The molecule has 0 spiro atoms. The van der Waals surface area contributed by atoms with Crippen LogP contribution in [-0.2, 0) is 4.74 Å². The number of rotatable bonds is 7. The Bertz CT molecular complexity index is 167. The lowest BCUT2D eigenvalue weighted by atomic mass is 9.99. The van der Waals surface area contributed by atoms with Crippen LogP contribution in [0, 0.1) is 5.92 Å². The van der Waals surface area contributed by atoms with Crippen LogP contribution in [-0.4, -0.2) is 50.8 Å². The van der Waals surface area contributed by atoms with E-state index in [0.717, 1.165) is 25.5 Å². The fourth-order valence-electron chi connectivity index (χ4n) is 2.23. The summed E-state index contributed by atoms with van der Waals surface area (Å²) in [6, 6.07) is 0.522. The molecule has 3 heteroatoms. The summed E-state index contributed by atoms with van der Waals surface area (Å²) in [6.07, 6.45) is 3.88. The van der Waals surface area contributed by atoms with Gasteiger partial charge in [-0.2, -0.15) is 0 Å². The van der Waals surface area contributed by atoms with Gasteiger partial charge in [0.1, 0.15) is 0 Å². The normalized spacial score (nSPS) is 21.2. The third-order valence-electron chi connectivity index (χ3n) is 3.60. The molecule has 0 aromatic heterocycles. The van der Waals surface area contributed by atoms with Gasteiger partial charge >= 0.3 is 0 Å². The molecular weight excluding hydrogens is 200 g/mol. The minimum atomic E-state index is 0.522. The molecule has 1 unspecified atom stereocenters. The summed E-state index contributed by atoms with van der Waals surface area (Å²) < 4.78 is 5.18. The Morgan fingerprint density at radius 1 is 1.38 bits per heavy atom. The van der Waals surface area contributed by atoms with E-state index >= 15 is 0 Å². The van der Waals surface area contributed by atoms with E-state index in [9.17, 15) is 0 Å². The van der Waals surface area contributed by atoms with E-state index in [2.05, 4.69) is 24.1 Å². The molecule has 1 atom stereocenters. The van der Waals surface area contributed by atoms with Crippen molar-refractivity contribution >= 4 is 0 Å². The molecule has 0 amide bonds. The Morgan fingerprint density at radius 3 is 2.62 bits per heavy atom. The van der Waals surface area contributed by atoms with Crippen molar-refractivity contribution < 1.29 is 4.74 Å². The van der Waals surface area contributed by atoms with Crippen LogP contribution in [0.1, 0.15) is 33.1 Å². The Hall–Kier alpha value is -0.120. The lowest BCUT2D eigenvalue weighted by molar-refractivity contribution is 0.155. The Labute approximate surface area is 101 Å². The number of ether oxygens (including phenoxy) is 1. The van der Waals surface area contributed by atoms with E-state index in [4.69, 9.17) is 4.74 Å². The average Bonchev–Trinajstić information content (AvgIpc) is 2.30. The third kappa shape index (κ3) is 5.28. The Kier molecular flexibility index (Phi) is 7.01. The first-order chi connectivity index (χ1) is 7.76. The largest absolute Gasteiger partial charge is 0.383 e. The summed E-state index contributed by atoms with van der Waals surface area (Å²) in [5.41, 5.74) is 0. The molecule has 0 saturated carbocycles. The zero-order chi connectivity index (χ0) is 11.8. The second-order valence-corrected chi connectivity index (χ2v) is 5.04. The number of likely N-dealkylation sites (tertiary alicyclic amines) is 1. The van der Waals surface area contributed by atoms with Crippen molar-refractivity contribution in [2.24, 2.45) is 5.92 Å². The van der Waals surface area contributed by atoms with Gasteiger partial charge in [-0.05, 0) is 38.3 Å². The van der Waals surface area contributed by atoms with Gasteiger partial charge in [0.25, 0.3) is 0 Å². The van der Waals surface area contributed by atoms with E-state index in [1.807, 2.05) is 0 Å². The van der Waals surface area contributed by atoms with Crippen LogP contribution >= 0.6 is 0 Å². The summed E-state index contributed by atoms with van der Waals surface area (Å²) in [5.74, 6) is 0.932. The predicted octanol–water partition coefficient (Wildman–Crippen LogP) is 1.73. The van der Waals surface area contributed by atoms with Gasteiger partial charge in [-0.1, -0.05) is 13.8 Å². The van der Waals surface area contributed by atoms with E-state index in [1.54, 1.807) is 7.11 Å². The quantitative estimate of drug-likeness (QED) is 0.718. The molecule has 0 aromatic carbocycles. The molecule has 1 rings (SSSR count). The second-order valence-electron chi connectivity index (χ2n) is 5.04. The molecule has 1 saturated heterocycles. The van der Waals surface area contributed by atoms with Crippen LogP contribution in [0.4, 0.5) is 0 Å². The lowest BCUT2D eigenvalue weighted by Crippen LogP contribution is -2.41. The highest BCUT2D eigenvalue weighted by Crippen LogP contribution is 2.15. The van der Waals surface area contributed by atoms with Gasteiger partial charge in [-0.3, -0.25) is 0 Å². The molecular formula is C13H28N2O. The minimum Gasteiger partial charge on any atom is -0.383 e. The molecule has 0 radical (unpaired) electrons. The number of piperidine rings is 1. The topological polar surface area (TPSA) is 24.5 Å². The molecule has 96 valence electrons. The molecule has 1 N–H and O–H groups in total. The van der Waals surface area contributed by atoms with Crippen LogP contribution in [0.5, 0.6) is 0 Å². The molecule has 0 aromatic rings. The number of nitrogens with one attached hydrogen (secondary N) is 1. The first kappa shape index (κ1) is 13.9. The highest BCUT2D eigenvalue weighted by Gasteiger charge is 2.15. The summed E-state index contributed by atoms with van der Waals surface area (Å²) in [7, 11) is 1.77. The maximum Gasteiger partial charge on any atom is 0.0615 e. The van der Waals surface area contributed by atoms with Crippen molar-refractivity contribution in [3.63, 3.8) is 0 Å². The van der Waals surface area contributed by atoms with Crippen LogP contribution in [0.3, 0.4) is 0 Å². The zero-order valence-electron chi connectivity index (χ0n) is 11.2. The van der Waals surface area contributed by atoms with Gasteiger partial charge in [0, 0.05) is 26.2 Å². The van der Waals surface area contributed by atoms with Crippen molar-refractivity contribution in [2.75, 3.05) is 39.9 Å². The summed E-state index contributed by atoms with van der Waals surface area (Å²) in [5, 5.41) is 3.56. The average molecular weight is 228 g/mol. The summed E-state index contributed by atoms with van der Waals surface area (Å²) >= 11 is 0. The van der Waals surface area contributed by atoms with E-state index in [1.165, 1.54) is 32.5 Å². The van der Waals surface area contributed by atoms with Gasteiger partial charge in [-0.15, -0.1) is 0 Å². The number of hydrogen-bond acceptors (Lipinski definition) is 3. The van der Waals surface area contributed by atoms with Gasteiger partial charge in [0.15, 0.2) is 0 Å². The molecule has 1 aliphatic rings. The first-order valence-corrected chi connectivity index (χ1v) is 6.71. The molecule has 16 heavy (non-hydrogen) atoms. The monoisotopic (exact) mass is 228 g/mol. The van der Waals surface area contributed by atoms with Crippen LogP contribution in [0.2, 0.25) is 0 Å². The van der Waals surface area contributed by atoms with Crippen molar-refractivity contribution in [3.8, 4) is 0 Å². The van der Waals surface area contributed by atoms with E-state index in [0.29, 0.717) is 6.04 Å². The SMILES string of the molecule is CCC(COC)NCCN1CCC(C)CC1. The van der Waals surface area contributed by atoms with E-state index in [-0.39, 0.29) is 0 Å². The zero-order valence-corrected chi connectivity index (χ0v) is 11.2. The van der Waals surface area contributed by atoms with Gasteiger partial charge in [-0.25, -0.2) is 0 Å². The highest BCUT2D eigenvalue weighted by atomic mass is 16.5. The van der Waals surface area contributed by atoms with Gasteiger partial charge < -0.3 is 15.0 Å². The smallest absolute Gasteiger partial charge is 0.0615 e. The van der Waals surface area contributed by atoms with Gasteiger partial charge in [0.2, 0.25) is 0 Å². The molecule has 0 bridgehead atoms. The van der Waals surface area contributed by atoms with E-state index < -0.39 is 0 Å². The standard InChI is InChI=1S/C13H28N2O/c1-4-13(11-16-3)14-7-10-15-8-5-12(2)6-9-15/h12-14H,4-11H2,1-3H3. The van der Waals surface area contributed by atoms with Crippen molar-refractivity contribution in [1.82, 2.24) is 10.2 Å². The van der Waals surface area contributed by atoms with Crippen molar-refractivity contribution in [1.29, 1.82) is 0 Å². The molecule has 1 fully saturated rings. The highest BCUT2D eigenvalue weighted by molar-refractivity contribution is 4.71. The van der Waals surface area contributed by atoms with Gasteiger partial charge in [0.05, 0.1) is 6.61 Å². The Morgan fingerprint density at radius 2 is 2.06 bits per heavy atom. The predicted molar refractivity (Wildman–Crippen MR) is 68.8 cm³/mol. The molecule has 1 aliphatic heterocycles. The molecule has 1 heterocycles. The summed E-state index contributed by atoms with van der Waals surface area (Å²) in [6.45, 7) is 10.2. The first-order valence-electron chi connectivity index (χ1n) is 6.71. The van der Waals surface area contributed by atoms with Crippen molar-refractivity contribution in [3.05, 3.63) is 0 Å². The maximum atomic E-state index is 5.18. The fraction of sp³-hybridized carbons (Fsp3) is 1.00. The van der Waals surface area contributed by atoms with Crippen LogP contribution in [0.25, 0.3) is 0 Å². The minimum absolute atomic E-state index is 0.522. The fourth-order valence-corrected chi connectivity index (χ4v) is 2.23. The van der Waals surface area contributed by atoms with Crippen LogP contribution in [0.15, 0.2) is 0 Å². The molecule has 3 nitrogen and oxygen atoms in total. The lowest BCUT2D eigenvalue weighted by Gasteiger charge is -2.30. The third-order valence-corrected chi connectivity index (χ3v) is 3.60. The van der Waals surface area contributed by atoms with Crippen molar-refractivity contribution in [2.45, 2.75) is 39.2 Å². The second kappa shape index (κ2) is 8.04. The number of hydrogen-bond donors (Lipinski definition) is 1. The number of methoxy groups -OCH3 is 1. The van der Waals surface area contributed by atoms with Crippen LogP contribution < -0.4 is 5.32 Å². The summed E-state index contributed by atoms with van der Waals surface area (Å²) in [4.78, 5) is 2.58.